The maximum absolute atomic E-state index is 12.9. The van der Waals surface area contributed by atoms with Crippen molar-refractivity contribution in [1.82, 2.24) is 4.31 Å². The number of hydrogen-bond acceptors (Lipinski definition) is 3. The molecule has 5 nitrogen and oxygen atoms in total. The molecule has 8 heteroatoms. The van der Waals surface area contributed by atoms with Crippen molar-refractivity contribution in [3.63, 3.8) is 0 Å². The number of aryl methyl sites for hydroxylation is 1. The number of carbonyl (C=O) groups is 1. The van der Waals surface area contributed by atoms with E-state index in [0.29, 0.717) is 47.5 Å². The van der Waals surface area contributed by atoms with Crippen LogP contribution in [-0.2, 0) is 22.3 Å². The molecule has 0 aromatic heterocycles. The third kappa shape index (κ3) is 3.66. The van der Waals surface area contributed by atoms with Gasteiger partial charge in [0.05, 0.1) is 15.6 Å². The predicted molar refractivity (Wildman–Crippen MR) is 111 cm³/mol. The molecular formula is C20H20Cl2N2O3S. The molecule has 2 heterocycles. The van der Waals surface area contributed by atoms with Gasteiger partial charge in [0.2, 0.25) is 0 Å². The first-order chi connectivity index (χ1) is 13.5. The Kier molecular flexibility index (Phi) is 5.65. The highest BCUT2D eigenvalue weighted by atomic mass is 35.5. The van der Waals surface area contributed by atoms with Gasteiger partial charge in [0.15, 0.2) is 0 Å². The topological polar surface area (TPSA) is 49.9 Å². The summed E-state index contributed by atoms with van der Waals surface area (Å²) in [6.45, 7) is 3.52. The summed E-state index contributed by atoms with van der Waals surface area (Å²) in [4.78, 5) is 14.9. The Labute approximate surface area is 176 Å². The lowest BCUT2D eigenvalue weighted by molar-refractivity contribution is 0.136. The minimum atomic E-state index is -1.36. The van der Waals surface area contributed by atoms with E-state index >= 15 is 0 Å². The van der Waals surface area contributed by atoms with Crippen molar-refractivity contribution < 1.29 is 13.7 Å². The number of benzene rings is 2. The summed E-state index contributed by atoms with van der Waals surface area (Å²) < 4.78 is 20.2. The van der Waals surface area contributed by atoms with E-state index in [-0.39, 0.29) is 12.1 Å². The average Bonchev–Trinajstić information content (AvgIpc) is 2.68. The largest absolute Gasteiger partial charge is 0.444 e. The van der Waals surface area contributed by atoms with Crippen LogP contribution in [0.3, 0.4) is 0 Å². The Bertz CT molecular complexity index is 945. The number of anilines is 1. The lowest BCUT2D eigenvalue weighted by Crippen LogP contribution is -2.50. The molecule has 0 N–H and O–H groups in total. The van der Waals surface area contributed by atoms with Crippen LogP contribution < -0.4 is 4.90 Å². The molecule has 2 aromatic rings. The molecule has 1 saturated heterocycles. The van der Waals surface area contributed by atoms with Crippen LogP contribution >= 0.6 is 23.2 Å². The van der Waals surface area contributed by atoms with Crippen LogP contribution in [0.1, 0.15) is 24.0 Å². The Morgan fingerprint density at radius 2 is 1.89 bits per heavy atom. The Morgan fingerprint density at radius 1 is 1.14 bits per heavy atom. The Balaban J connectivity index is 1.50. The lowest BCUT2D eigenvalue weighted by atomic mass is 10.00. The van der Waals surface area contributed by atoms with Gasteiger partial charge in [-0.3, -0.25) is 4.90 Å². The summed E-state index contributed by atoms with van der Waals surface area (Å²) in [6.07, 6.45) is 1.11. The average molecular weight is 439 g/mol. The molecule has 2 aromatic carbocycles. The molecular weight excluding hydrogens is 419 g/mol. The van der Waals surface area contributed by atoms with Crippen molar-refractivity contribution in [1.29, 1.82) is 0 Å². The second-order valence-electron chi connectivity index (χ2n) is 6.99. The Morgan fingerprint density at radius 3 is 2.61 bits per heavy atom. The highest BCUT2D eigenvalue weighted by Gasteiger charge is 2.36. The zero-order chi connectivity index (χ0) is 19.8. The van der Waals surface area contributed by atoms with Crippen molar-refractivity contribution in [3.05, 3.63) is 57.6 Å². The maximum atomic E-state index is 12.9. The van der Waals surface area contributed by atoms with Crippen LogP contribution in [0.15, 0.2) is 41.3 Å². The van der Waals surface area contributed by atoms with Crippen LogP contribution in [0.25, 0.3) is 0 Å². The summed E-state index contributed by atoms with van der Waals surface area (Å²) in [5.74, 6) is 0. The number of cyclic esters (lactones) is 1. The SMILES string of the molecule is Cc1cccc2c1N(C1CCN(S(=O)c3ccc(Cl)cc3Cl)CC1)C(=O)OC2. The molecule has 0 saturated carbocycles. The van der Waals surface area contributed by atoms with Crippen LogP contribution in [0, 0.1) is 6.92 Å². The Hall–Kier alpha value is -1.60. The number of halogens is 2. The van der Waals surface area contributed by atoms with E-state index < -0.39 is 11.0 Å². The van der Waals surface area contributed by atoms with Gasteiger partial charge in [-0.15, -0.1) is 0 Å². The zero-order valence-electron chi connectivity index (χ0n) is 15.4. The van der Waals surface area contributed by atoms with E-state index in [1.54, 1.807) is 23.1 Å². The van der Waals surface area contributed by atoms with Gasteiger partial charge in [0.1, 0.15) is 17.6 Å². The molecule has 148 valence electrons. The van der Waals surface area contributed by atoms with Crippen molar-refractivity contribution in [2.24, 2.45) is 0 Å². The van der Waals surface area contributed by atoms with Gasteiger partial charge in [0, 0.05) is 29.7 Å². The summed E-state index contributed by atoms with van der Waals surface area (Å²) in [6, 6.07) is 11.0. The van der Waals surface area contributed by atoms with Crippen molar-refractivity contribution in [3.8, 4) is 0 Å². The molecule has 2 aliphatic rings. The third-order valence-electron chi connectivity index (χ3n) is 5.22. The predicted octanol–water partition coefficient (Wildman–Crippen LogP) is 4.95. The zero-order valence-corrected chi connectivity index (χ0v) is 17.7. The quantitative estimate of drug-likeness (QED) is 0.681. The number of piperidine rings is 1. The second kappa shape index (κ2) is 8.03. The summed E-state index contributed by atoms with van der Waals surface area (Å²) in [7, 11) is -1.36. The number of carbonyl (C=O) groups excluding carboxylic acids is 1. The van der Waals surface area contributed by atoms with Gasteiger partial charge in [-0.25, -0.2) is 13.3 Å². The van der Waals surface area contributed by atoms with E-state index in [2.05, 4.69) is 0 Å². The minimum Gasteiger partial charge on any atom is -0.444 e. The molecule has 0 bridgehead atoms. The molecule has 1 amide bonds. The lowest BCUT2D eigenvalue weighted by Gasteiger charge is -2.40. The molecule has 2 aliphatic heterocycles. The standard InChI is InChI=1S/C20H20Cl2N2O3S/c1-13-3-2-4-14-12-27-20(25)24(19(13)14)16-7-9-23(10-8-16)28(26)18-6-5-15(21)11-17(18)22/h2-6,11,16H,7-10,12H2,1H3. The molecule has 28 heavy (non-hydrogen) atoms. The van der Waals surface area contributed by atoms with Crippen molar-refractivity contribution in [2.45, 2.75) is 37.3 Å². The van der Waals surface area contributed by atoms with Crippen LogP contribution in [-0.4, -0.2) is 33.7 Å². The number of para-hydroxylation sites is 1. The highest BCUT2D eigenvalue weighted by Crippen LogP contribution is 2.35. The number of nitrogens with zero attached hydrogens (tertiary/aromatic N) is 2. The summed E-state index contributed by atoms with van der Waals surface area (Å²) in [5, 5.41) is 0.916. The van der Waals surface area contributed by atoms with Crippen molar-refractivity contribution in [2.75, 3.05) is 18.0 Å². The first-order valence-corrected chi connectivity index (χ1v) is 11.0. The minimum absolute atomic E-state index is 0.0154. The van der Waals surface area contributed by atoms with Gasteiger partial charge in [-0.05, 0) is 43.5 Å². The fourth-order valence-electron chi connectivity index (χ4n) is 3.83. The normalized spacial score (nSPS) is 19.2. The first kappa shape index (κ1) is 19.7. The molecule has 1 unspecified atom stereocenters. The molecule has 1 fully saturated rings. The van der Waals surface area contributed by atoms with Crippen molar-refractivity contribution >= 4 is 46.0 Å². The van der Waals surface area contributed by atoms with E-state index in [4.69, 9.17) is 27.9 Å². The number of rotatable bonds is 3. The van der Waals surface area contributed by atoms with Gasteiger partial charge >= 0.3 is 6.09 Å². The van der Waals surface area contributed by atoms with E-state index in [9.17, 15) is 9.00 Å². The smallest absolute Gasteiger partial charge is 0.414 e. The monoisotopic (exact) mass is 438 g/mol. The summed E-state index contributed by atoms with van der Waals surface area (Å²) in [5.41, 5.74) is 3.05. The summed E-state index contributed by atoms with van der Waals surface area (Å²) >= 11 is 12.1. The fraction of sp³-hybridized carbons (Fsp3) is 0.350. The van der Waals surface area contributed by atoms with Gasteiger partial charge in [0.25, 0.3) is 0 Å². The molecule has 0 aliphatic carbocycles. The van der Waals surface area contributed by atoms with Gasteiger partial charge in [-0.1, -0.05) is 41.4 Å². The number of ether oxygens (including phenoxy) is 1. The third-order valence-corrected chi connectivity index (χ3v) is 7.44. The van der Waals surface area contributed by atoms with Gasteiger partial charge in [-0.2, -0.15) is 0 Å². The number of fused-ring (bicyclic) bond motifs is 1. The molecule has 4 rings (SSSR count). The maximum Gasteiger partial charge on any atom is 0.414 e. The van der Waals surface area contributed by atoms with Gasteiger partial charge < -0.3 is 4.74 Å². The highest BCUT2D eigenvalue weighted by molar-refractivity contribution is 7.82. The second-order valence-corrected chi connectivity index (χ2v) is 9.29. The van der Waals surface area contributed by atoms with E-state index in [1.807, 2.05) is 29.4 Å². The van der Waals surface area contributed by atoms with Crippen LogP contribution in [0.2, 0.25) is 10.0 Å². The van der Waals surface area contributed by atoms with Crippen LogP contribution in [0.5, 0.6) is 0 Å². The molecule has 1 atom stereocenters. The first-order valence-electron chi connectivity index (χ1n) is 9.12. The van der Waals surface area contributed by atoms with Crippen LogP contribution in [0.4, 0.5) is 10.5 Å². The van der Waals surface area contributed by atoms with E-state index in [0.717, 1.165) is 16.8 Å². The fourth-order valence-corrected chi connectivity index (χ4v) is 5.67. The molecule has 0 spiro atoms. The van der Waals surface area contributed by atoms with E-state index in [1.165, 1.54) is 0 Å². The number of amides is 1. The number of hydrogen-bond donors (Lipinski definition) is 0. The molecule has 0 radical (unpaired) electrons.